The van der Waals surface area contributed by atoms with Crippen LogP contribution in [0.1, 0.15) is 12.8 Å². The molecule has 2 aliphatic rings. The van der Waals surface area contributed by atoms with Gasteiger partial charge in [0.2, 0.25) is 5.91 Å². The molecule has 0 unspecified atom stereocenters. The number of carbonyl (C=O) groups excluding carboxylic acids is 2. The molecule has 1 aliphatic heterocycles. The Labute approximate surface area is 103 Å². The Kier molecular flexibility index (Phi) is 3.79. The minimum atomic E-state index is -2.81. The highest BCUT2D eigenvalue weighted by Crippen LogP contribution is 2.37. The molecule has 1 saturated carbocycles. The largest absolute Gasteiger partial charge is 0.469 e. The van der Waals surface area contributed by atoms with Crippen molar-refractivity contribution in [1.29, 1.82) is 0 Å². The van der Waals surface area contributed by atoms with Gasteiger partial charge in [-0.25, -0.2) is 0 Å². The molecule has 2 rings (SSSR count). The van der Waals surface area contributed by atoms with Gasteiger partial charge in [0, 0.05) is 13.1 Å². The Hall–Kier alpha value is -1.24. The van der Waals surface area contributed by atoms with E-state index in [1.165, 1.54) is 12.0 Å². The van der Waals surface area contributed by atoms with Crippen LogP contribution in [-0.2, 0) is 19.1 Å². The van der Waals surface area contributed by atoms with Crippen LogP contribution in [0, 0.1) is 11.8 Å². The van der Waals surface area contributed by atoms with E-state index < -0.39 is 12.7 Å². The van der Waals surface area contributed by atoms with Gasteiger partial charge in [-0.3, -0.25) is 9.59 Å². The molecule has 1 saturated heterocycles. The molecule has 1 aliphatic carbocycles. The molecule has 0 bridgehead atoms. The summed E-state index contributed by atoms with van der Waals surface area (Å²) in [6.07, 6.45) is 0.703. The summed E-state index contributed by atoms with van der Waals surface area (Å²) < 4.78 is 32.7. The van der Waals surface area contributed by atoms with E-state index in [-0.39, 0.29) is 36.8 Å². The first-order valence-electron chi connectivity index (χ1n) is 5.83. The van der Waals surface area contributed by atoms with Crippen molar-refractivity contribution >= 4 is 11.9 Å². The molecule has 2 atom stereocenters. The highest BCUT2D eigenvalue weighted by molar-refractivity contribution is 5.87. The van der Waals surface area contributed by atoms with Gasteiger partial charge in [0.15, 0.2) is 0 Å². The second-order valence-corrected chi connectivity index (χ2v) is 4.58. The second kappa shape index (κ2) is 5.17. The van der Waals surface area contributed by atoms with E-state index in [4.69, 9.17) is 0 Å². The number of likely N-dealkylation sites (tertiary alicyclic amines) is 1. The van der Waals surface area contributed by atoms with E-state index in [1.807, 2.05) is 0 Å². The third kappa shape index (κ3) is 2.45. The van der Waals surface area contributed by atoms with Crippen LogP contribution in [0.3, 0.4) is 0 Å². The standard InChI is InChI=1S/C11H15F2NO4/c1-17-10(16)8-3-2-7(8)9(15)14-4-6(5-14)18-11(12)13/h6-8,11H,2-5H2,1H3/t7-,8+/m0/s1. The molecule has 0 aromatic heterocycles. The molecule has 7 heteroatoms. The summed E-state index contributed by atoms with van der Waals surface area (Å²) in [6.45, 7) is -2.46. The monoisotopic (exact) mass is 263 g/mol. The molecule has 1 amide bonds. The number of esters is 1. The number of rotatable bonds is 4. The van der Waals surface area contributed by atoms with E-state index in [0.717, 1.165) is 0 Å². The van der Waals surface area contributed by atoms with Crippen LogP contribution in [0.2, 0.25) is 0 Å². The first-order chi connectivity index (χ1) is 8.52. The lowest BCUT2D eigenvalue weighted by atomic mass is 9.72. The maximum atomic E-state index is 11.9. The average Bonchev–Trinajstić information content (AvgIpc) is 2.20. The number of alkyl halides is 2. The summed E-state index contributed by atoms with van der Waals surface area (Å²) >= 11 is 0. The van der Waals surface area contributed by atoms with Crippen molar-refractivity contribution in [3.63, 3.8) is 0 Å². The molecule has 102 valence electrons. The van der Waals surface area contributed by atoms with Gasteiger partial charge in [0.1, 0.15) is 0 Å². The van der Waals surface area contributed by atoms with Gasteiger partial charge in [-0.1, -0.05) is 0 Å². The predicted octanol–water partition coefficient (Wildman–Crippen LogP) is 0.636. The lowest BCUT2D eigenvalue weighted by Crippen LogP contribution is -2.59. The molecular formula is C11H15F2NO4. The van der Waals surface area contributed by atoms with Crippen molar-refractivity contribution in [2.45, 2.75) is 25.6 Å². The van der Waals surface area contributed by atoms with Crippen LogP contribution < -0.4 is 0 Å². The topological polar surface area (TPSA) is 55.8 Å². The van der Waals surface area contributed by atoms with E-state index >= 15 is 0 Å². The van der Waals surface area contributed by atoms with Crippen LogP contribution in [0.25, 0.3) is 0 Å². The van der Waals surface area contributed by atoms with Crippen molar-refractivity contribution in [2.75, 3.05) is 20.2 Å². The summed E-state index contributed by atoms with van der Waals surface area (Å²) in [5, 5.41) is 0. The Bertz CT molecular complexity index is 344. The van der Waals surface area contributed by atoms with E-state index in [1.54, 1.807) is 0 Å². The highest BCUT2D eigenvalue weighted by atomic mass is 19.3. The fourth-order valence-electron chi connectivity index (χ4n) is 2.31. The number of hydrogen-bond donors (Lipinski definition) is 0. The van der Waals surface area contributed by atoms with Gasteiger partial charge in [-0.05, 0) is 12.8 Å². The fraction of sp³-hybridized carbons (Fsp3) is 0.818. The minimum Gasteiger partial charge on any atom is -0.469 e. The lowest BCUT2D eigenvalue weighted by Gasteiger charge is -2.43. The van der Waals surface area contributed by atoms with E-state index in [9.17, 15) is 18.4 Å². The zero-order valence-electron chi connectivity index (χ0n) is 9.97. The number of methoxy groups -OCH3 is 1. The van der Waals surface area contributed by atoms with Gasteiger partial charge >= 0.3 is 12.6 Å². The van der Waals surface area contributed by atoms with Gasteiger partial charge in [-0.2, -0.15) is 8.78 Å². The van der Waals surface area contributed by atoms with Crippen molar-refractivity contribution in [2.24, 2.45) is 11.8 Å². The quantitative estimate of drug-likeness (QED) is 0.698. The lowest BCUT2D eigenvalue weighted by molar-refractivity contribution is -0.202. The van der Waals surface area contributed by atoms with Crippen LogP contribution >= 0.6 is 0 Å². The molecule has 5 nitrogen and oxygen atoms in total. The number of hydrogen-bond acceptors (Lipinski definition) is 4. The molecule has 0 radical (unpaired) electrons. The smallest absolute Gasteiger partial charge is 0.345 e. The predicted molar refractivity (Wildman–Crippen MR) is 55.7 cm³/mol. The van der Waals surface area contributed by atoms with Crippen molar-refractivity contribution in [3.8, 4) is 0 Å². The van der Waals surface area contributed by atoms with Gasteiger partial charge in [0.05, 0.1) is 25.0 Å². The van der Waals surface area contributed by atoms with E-state index in [2.05, 4.69) is 9.47 Å². The average molecular weight is 263 g/mol. The molecule has 0 spiro atoms. The second-order valence-electron chi connectivity index (χ2n) is 4.58. The molecule has 2 fully saturated rings. The third-order valence-electron chi connectivity index (χ3n) is 3.55. The van der Waals surface area contributed by atoms with Gasteiger partial charge < -0.3 is 14.4 Å². The zero-order chi connectivity index (χ0) is 13.3. The third-order valence-corrected chi connectivity index (χ3v) is 3.55. The first kappa shape index (κ1) is 13.2. The van der Waals surface area contributed by atoms with E-state index in [0.29, 0.717) is 12.8 Å². The van der Waals surface area contributed by atoms with Crippen LogP contribution in [0.15, 0.2) is 0 Å². The Morgan fingerprint density at radius 2 is 1.83 bits per heavy atom. The number of carbonyl (C=O) groups is 2. The summed E-state index contributed by atoms with van der Waals surface area (Å²) in [5.74, 6) is -1.27. The SMILES string of the molecule is COC(=O)[C@@H]1CC[C@@H]1C(=O)N1CC(OC(F)F)C1. The number of amides is 1. The summed E-state index contributed by atoms with van der Waals surface area (Å²) in [6, 6.07) is 0. The van der Waals surface area contributed by atoms with Crippen molar-refractivity contribution < 1.29 is 27.8 Å². The number of ether oxygens (including phenoxy) is 2. The maximum Gasteiger partial charge on any atom is 0.345 e. The highest BCUT2D eigenvalue weighted by Gasteiger charge is 2.46. The normalized spacial score (nSPS) is 27.7. The summed E-state index contributed by atoms with van der Waals surface area (Å²) in [4.78, 5) is 24.7. The van der Waals surface area contributed by atoms with Crippen molar-refractivity contribution in [1.82, 2.24) is 4.90 Å². The molecular weight excluding hydrogens is 248 g/mol. The van der Waals surface area contributed by atoms with Crippen LogP contribution in [0.5, 0.6) is 0 Å². The Balaban J connectivity index is 1.78. The summed E-state index contributed by atoms with van der Waals surface area (Å²) in [7, 11) is 1.29. The maximum absolute atomic E-state index is 11.9. The fourth-order valence-corrected chi connectivity index (χ4v) is 2.31. The molecule has 0 N–H and O–H groups in total. The molecule has 0 aromatic carbocycles. The number of nitrogens with zero attached hydrogens (tertiary/aromatic N) is 1. The summed E-state index contributed by atoms with van der Waals surface area (Å²) in [5.41, 5.74) is 0. The van der Waals surface area contributed by atoms with Gasteiger partial charge in [-0.15, -0.1) is 0 Å². The number of halogens is 2. The first-order valence-corrected chi connectivity index (χ1v) is 5.83. The van der Waals surface area contributed by atoms with Crippen molar-refractivity contribution in [3.05, 3.63) is 0 Å². The Morgan fingerprint density at radius 3 is 2.28 bits per heavy atom. The van der Waals surface area contributed by atoms with Crippen LogP contribution in [0.4, 0.5) is 8.78 Å². The molecule has 1 heterocycles. The van der Waals surface area contributed by atoms with Gasteiger partial charge in [0.25, 0.3) is 0 Å². The minimum absolute atomic E-state index is 0.161. The molecule has 0 aromatic rings. The zero-order valence-corrected chi connectivity index (χ0v) is 9.97. The molecule has 18 heavy (non-hydrogen) atoms. The Morgan fingerprint density at radius 1 is 1.22 bits per heavy atom. The van der Waals surface area contributed by atoms with Crippen LogP contribution in [-0.4, -0.2) is 49.7 Å².